The van der Waals surface area contributed by atoms with Crippen LogP contribution < -0.4 is 5.32 Å². The topological polar surface area (TPSA) is 54.2 Å². The van der Waals surface area contributed by atoms with E-state index >= 15 is 0 Å². The van der Waals surface area contributed by atoms with Crippen molar-refractivity contribution in [1.82, 2.24) is 20.4 Å². The molecule has 2 aliphatic rings. The first-order valence-electron chi connectivity index (χ1n) is 8.47. The Morgan fingerprint density at radius 2 is 2.00 bits per heavy atom. The molecule has 1 aromatic heterocycles. The monoisotopic (exact) mass is 292 g/mol. The molecule has 0 bridgehead atoms. The summed E-state index contributed by atoms with van der Waals surface area (Å²) in [7, 11) is 0. The van der Waals surface area contributed by atoms with Gasteiger partial charge in [0, 0.05) is 19.0 Å². The van der Waals surface area contributed by atoms with Gasteiger partial charge in [-0.25, -0.2) is 0 Å². The zero-order chi connectivity index (χ0) is 14.7. The third kappa shape index (κ3) is 4.51. The van der Waals surface area contributed by atoms with Crippen molar-refractivity contribution in [1.29, 1.82) is 0 Å². The molecule has 2 fully saturated rings. The van der Waals surface area contributed by atoms with Crippen LogP contribution in [0.25, 0.3) is 0 Å². The van der Waals surface area contributed by atoms with Crippen LogP contribution in [0.15, 0.2) is 4.52 Å². The highest BCUT2D eigenvalue weighted by Crippen LogP contribution is 2.30. The number of hydrogen-bond acceptors (Lipinski definition) is 5. The van der Waals surface area contributed by atoms with Gasteiger partial charge in [0.15, 0.2) is 5.82 Å². The summed E-state index contributed by atoms with van der Waals surface area (Å²) in [6.45, 7) is 8.73. The van der Waals surface area contributed by atoms with E-state index in [0.29, 0.717) is 5.92 Å². The van der Waals surface area contributed by atoms with Crippen molar-refractivity contribution < 1.29 is 4.52 Å². The molecule has 3 rings (SSSR count). The molecule has 1 N–H and O–H groups in total. The second-order valence-corrected chi connectivity index (χ2v) is 7.06. The molecule has 0 amide bonds. The van der Waals surface area contributed by atoms with Crippen LogP contribution in [0.3, 0.4) is 0 Å². The lowest BCUT2D eigenvalue weighted by atomic mass is 9.97. The van der Waals surface area contributed by atoms with Gasteiger partial charge in [0.1, 0.15) is 0 Å². The van der Waals surface area contributed by atoms with Crippen LogP contribution in [0.1, 0.15) is 51.2 Å². The summed E-state index contributed by atoms with van der Waals surface area (Å²) in [5.74, 6) is 3.05. The summed E-state index contributed by atoms with van der Waals surface area (Å²) in [4.78, 5) is 7.13. The molecule has 0 aromatic carbocycles. The van der Waals surface area contributed by atoms with E-state index in [2.05, 4.69) is 34.2 Å². The smallest absolute Gasteiger partial charge is 0.240 e. The molecular formula is C16H28N4O. The molecule has 1 aliphatic heterocycles. The van der Waals surface area contributed by atoms with E-state index in [0.717, 1.165) is 36.6 Å². The molecule has 0 unspecified atom stereocenters. The molecule has 1 saturated heterocycles. The summed E-state index contributed by atoms with van der Waals surface area (Å²) in [5.41, 5.74) is 0. The maximum atomic E-state index is 5.45. The van der Waals surface area contributed by atoms with Gasteiger partial charge in [-0.2, -0.15) is 4.98 Å². The largest absolute Gasteiger partial charge is 0.338 e. The quantitative estimate of drug-likeness (QED) is 0.835. The Labute approximate surface area is 127 Å². The summed E-state index contributed by atoms with van der Waals surface area (Å²) in [6.07, 6.45) is 6.16. The van der Waals surface area contributed by atoms with E-state index in [-0.39, 0.29) is 0 Å². The standard InChI is InChI=1S/C16H28N4O/c1-12(2)9-15-18-16(21-19-15)11-20(14-3-4-14)10-13-5-7-17-8-6-13/h12-14,17H,3-11H2,1-2H3. The van der Waals surface area contributed by atoms with Gasteiger partial charge in [0.25, 0.3) is 0 Å². The highest BCUT2D eigenvalue weighted by atomic mass is 16.5. The van der Waals surface area contributed by atoms with Crippen molar-refractivity contribution >= 4 is 0 Å². The molecule has 5 nitrogen and oxygen atoms in total. The molecule has 1 aromatic rings. The lowest BCUT2D eigenvalue weighted by Crippen LogP contribution is -2.37. The number of nitrogens with zero attached hydrogens (tertiary/aromatic N) is 3. The van der Waals surface area contributed by atoms with Gasteiger partial charge in [-0.3, -0.25) is 4.90 Å². The fraction of sp³-hybridized carbons (Fsp3) is 0.875. The molecule has 5 heteroatoms. The minimum absolute atomic E-state index is 0.574. The van der Waals surface area contributed by atoms with Crippen LogP contribution >= 0.6 is 0 Å². The highest BCUT2D eigenvalue weighted by molar-refractivity contribution is 4.92. The Morgan fingerprint density at radius 3 is 2.67 bits per heavy atom. The first kappa shape index (κ1) is 15.0. The Hall–Kier alpha value is -0.940. The Morgan fingerprint density at radius 1 is 1.24 bits per heavy atom. The van der Waals surface area contributed by atoms with Crippen molar-refractivity contribution in [2.45, 2.75) is 58.5 Å². The predicted molar refractivity (Wildman–Crippen MR) is 81.9 cm³/mol. The minimum atomic E-state index is 0.574. The Balaban J connectivity index is 1.55. The van der Waals surface area contributed by atoms with Gasteiger partial charge in [-0.05, 0) is 50.6 Å². The van der Waals surface area contributed by atoms with Crippen LogP contribution in [0, 0.1) is 11.8 Å². The zero-order valence-electron chi connectivity index (χ0n) is 13.3. The second kappa shape index (κ2) is 6.88. The van der Waals surface area contributed by atoms with Crippen LogP contribution in [0.2, 0.25) is 0 Å². The van der Waals surface area contributed by atoms with E-state index in [9.17, 15) is 0 Å². The first-order valence-corrected chi connectivity index (χ1v) is 8.47. The van der Waals surface area contributed by atoms with Crippen molar-refractivity contribution in [3.05, 3.63) is 11.7 Å². The molecule has 21 heavy (non-hydrogen) atoms. The fourth-order valence-corrected chi connectivity index (χ4v) is 3.15. The fourth-order valence-electron chi connectivity index (χ4n) is 3.15. The average molecular weight is 292 g/mol. The van der Waals surface area contributed by atoms with Gasteiger partial charge < -0.3 is 9.84 Å². The van der Waals surface area contributed by atoms with E-state index < -0.39 is 0 Å². The second-order valence-electron chi connectivity index (χ2n) is 7.06. The Bertz CT molecular complexity index is 435. The van der Waals surface area contributed by atoms with Crippen LogP contribution in [0.5, 0.6) is 0 Å². The molecule has 0 atom stereocenters. The maximum Gasteiger partial charge on any atom is 0.240 e. The number of nitrogens with one attached hydrogen (secondary N) is 1. The maximum absolute atomic E-state index is 5.45. The summed E-state index contributed by atoms with van der Waals surface area (Å²) < 4.78 is 5.45. The zero-order valence-corrected chi connectivity index (χ0v) is 13.3. The highest BCUT2D eigenvalue weighted by Gasteiger charge is 2.32. The number of piperidine rings is 1. The summed E-state index contributed by atoms with van der Waals surface area (Å²) in [5, 5.41) is 7.56. The van der Waals surface area contributed by atoms with E-state index in [1.165, 1.54) is 45.3 Å². The van der Waals surface area contributed by atoms with Crippen LogP contribution in [-0.2, 0) is 13.0 Å². The third-order valence-corrected chi connectivity index (χ3v) is 4.45. The van der Waals surface area contributed by atoms with Gasteiger partial charge in [0.05, 0.1) is 6.54 Å². The average Bonchev–Trinajstić information content (AvgIpc) is 3.22. The van der Waals surface area contributed by atoms with E-state index in [4.69, 9.17) is 4.52 Å². The molecular weight excluding hydrogens is 264 g/mol. The molecule has 0 spiro atoms. The summed E-state index contributed by atoms with van der Waals surface area (Å²) >= 11 is 0. The van der Waals surface area contributed by atoms with Gasteiger partial charge >= 0.3 is 0 Å². The van der Waals surface area contributed by atoms with E-state index in [1.54, 1.807) is 0 Å². The van der Waals surface area contributed by atoms with Gasteiger partial charge in [-0.1, -0.05) is 19.0 Å². The van der Waals surface area contributed by atoms with Crippen LogP contribution in [0.4, 0.5) is 0 Å². The van der Waals surface area contributed by atoms with Crippen molar-refractivity contribution in [2.75, 3.05) is 19.6 Å². The van der Waals surface area contributed by atoms with Gasteiger partial charge in [0.2, 0.25) is 5.89 Å². The lowest BCUT2D eigenvalue weighted by Gasteiger charge is -2.29. The van der Waals surface area contributed by atoms with E-state index in [1.807, 2.05) is 0 Å². The van der Waals surface area contributed by atoms with Crippen LogP contribution in [-0.4, -0.2) is 40.7 Å². The lowest BCUT2D eigenvalue weighted by molar-refractivity contribution is 0.170. The predicted octanol–water partition coefficient (Wildman–Crippen LogP) is 2.23. The minimum Gasteiger partial charge on any atom is -0.338 e. The normalized spacial score (nSPS) is 20.6. The SMILES string of the molecule is CC(C)Cc1noc(CN(CC2CCNCC2)C2CC2)n1. The number of aromatic nitrogens is 2. The van der Waals surface area contributed by atoms with Crippen molar-refractivity contribution in [3.8, 4) is 0 Å². The Kier molecular flexibility index (Phi) is 4.91. The molecule has 118 valence electrons. The molecule has 1 aliphatic carbocycles. The summed E-state index contributed by atoms with van der Waals surface area (Å²) in [6, 6.07) is 0.750. The number of rotatable bonds is 7. The molecule has 2 heterocycles. The molecule has 1 saturated carbocycles. The third-order valence-electron chi connectivity index (χ3n) is 4.45. The molecule has 0 radical (unpaired) electrons. The first-order chi connectivity index (χ1) is 10.2. The van der Waals surface area contributed by atoms with Gasteiger partial charge in [-0.15, -0.1) is 0 Å². The van der Waals surface area contributed by atoms with Crippen molar-refractivity contribution in [3.63, 3.8) is 0 Å². The van der Waals surface area contributed by atoms with Crippen molar-refractivity contribution in [2.24, 2.45) is 11.8 Å². The number of hydrogen-bond donors (Lipinski definition) is 1.